The smallest absolute Gasteiger partial charge is 0.254 e. The molecule has 1 aromatic rings. The van der Waals surface area contributed by atoms with Gasteiger partial charge in [-0.1, -0.05) is 6.92 Å². The first-order chi connectivity index (χ1) is 12.4. The second kappa shape index (κ2) is 7.44. The fourth-order valence-corrected chi connectivity index (χ4v) is 5.95. The molecule has 8 heteroatoms. The van der Waals surface area contributed by atoms with Crippen LogP contribution < -0.4 is 9.47 Å². The summed E-state index contributed by atoms with van der Waals surface area (Å²) in [5.41, 5.74) is 0.452. The second-order valence-corrected chi connectivity index (χ2v) is 9.00. The summed E-state index contributed by atoms with van der Waals surface area (Å²) < 4.78 is 35.0. The van der Waals surface area contributed by atoms with Crippen LogP contribution in [0.5, 0.6) is 11.5 Å². The molecule has 3 rings (SSSR count). The fourth-order valence-electron chi connectivity index (χ4n) is 3.94. The van der Waals surface area contributed by atoms with Crippen LogP contribution in [0.2, 0.25) is 0 Å². The molecule has 1 aromatic carbocycles. The lowest BCUT2D eigenvalue weighted by Gasteiger charge is -2.44. The first-order valence-electron chi connectivity index (χ1n) is 8.87. The van der Waals surface area contributed by atoms with Crippen LogP contribution in [0.1, 0.15) is 23.7 Å². The van der Waals surface area contributed by atoms with E-state index in [0.29, 0.717) is 30.2 Å². The summed E-state index contributed by atoms with van der Waals surface area (Å²) in [7, 11) is -0.0716. The van der Waals surface area contributed by atoms with E-state index in [4.69, 9.17) is 9.47 Å². The number of benzene rings is 1. The molecule has 26 heavy (non-hydrogen) atoms. The van der Waals surface area contributed by atoms with Crippen LogP contribution in [-0.4, -0.2) is 81.6 Å². The monoisotopic (exact) mass is 382 g/mol. The van der Waals surface area contributed by atoms with Crippen molar-refractivity contribution in [3.05, 3.63) is 23.8 Å². The number of methoxy groups -OCH3 is 2. The average Bonchev–Trinajstić information content (AvgIpc) is 2.96. The molecule has 0 saturated carbocycles. The number of piperazine rings is 1. The summed E-state index contributed by atoms with van der Waals surface area (Å²) >= 11 is 0. The van der Waals surface area contributed by atoms with Crippen molar-refractivity contribution in [1.82, 2.24) is 9.80 Å². The summed E-state index contributed by atoms with van der Waals surface area (Å²) in [5.74, 6) is 1.06. The van der Waals surface area contributed by atoms with Gasteiger partial charge in [-0.25, -0.2) is 8.42 Å². The van der Waals surface area contributed by atoms with Gasteiger partial charge in [0.1, 0.15) is 11.5 Å². The van der Waals surface area contributed by atoms with Gasteiger partial charge < -0.3 is 14.4 Å². The number of hydrogen-bond donors (Lipinski definition) is 0. The van der Waals surface area contributed by atoms with Crippen LogP contribution >= 0.6 is 0 Å². The lowest BCUT2D eigenvalue weighted by molar-refractivity contribution is 0.0332. The first-order valence-corrected chi connectivity index (χ1v) is 10.7. The zero-order valence-electron chi connectivity index (χ0n) is 15.5. The normalized spacial score (nSPS) is 25.0. The van der Waals surface area contributed by atoms with Crippen LogP contribution in [-0.2, 0) is 9.84 Å². The molecular weight excluding hydrogens is 356 g/mol. The zero-order chi connectivity index (χ0) is 18.9. The number of hydrogen-bond acceptors (Lipinski definition) is 6. The number of ether oxygens (including phenoxy) is 2. The Kier molecular flexibility index (Phi) is 5.43. The van der Waals surface area contributed by atoms with Crippen LogP contribution in [0.15, 0.2) is 18.2 Å². The molecule has 0 N–H and O–H groups in total. The SMILES string of the molecule is CCCN1CCN(C(=O)c2cc(OC)cc(OC)c2)[C@H]2CS(=O)(=O)C[C@H]21. The van der Waals surface area contributed by atoms with Crippen LogP contribution in [0.4, 0.5) is 0 Å². The molecule has 144 valence electrons. The maximum Gasteiger partial charge on any atom is 0.254 e. The quantitative estimate of drug-likeness (QED) is 0.757. The van der Waals surface area contributed by atoms with E-state index in [1.54, 1.807) is 23.1 Å². The minimum Gasteiger partial charge on any atom is -0.497 e. The third kappa shape index (κ3) is 3.66. The number of carbonyl (C=O) groups is 1. The van der Waals surface area contributed by atoms with Crippen molar-refractivity contribution in [2.45, 2.75) is 25.4 Å². The third-order valence-electron chi connectivity index (χ3n) is 5.16. The number of amides is 1. The van der Waals surface area contributed by atoms with E-state index in [2.05, 4.69) is 11.8 Å². The highest BCUT2D eigenvalue weighted by atomic mass is 32.2. The summed E-state index contributed by atoms with van der Waals surface area (Å²) in [6, 6.07) is 4.62. The maximum atomic E-state index is 13.2. The number of fused-ring (bicyclic) bond motifs is 1. The lowest BCUT2D eigenvalue weighted by Crippen LogP contribution is -2.60. The van der Waals surface area contributed by atoms with Gasteiger partial charge >= 0.3 is 0 Å². The molecule has 1 amide bonds. The highest BCUT2D eigenvalue weighted by Crippen LogP contribution is 2.30. The number of sulfone groups is 1. The maximum absolute atomic E-state index is 13.2. The molecule has 2 aliphatic heterocycles. The van der Waals surface area contributed by atoms with E-state index < -0.39 is 9.84 Å². The van der Waals surface area contributed by atoms with Crippen molar-refractivity contribution in [2.24, 2.45) is 0 Å². The summed E-state index contributed by atoms with van der Waals surface area (Å²) in [5, 5.41) is 0. The molecule has 2 fully saturated rings. The molecule has 0 aliphatic carbocycles. The highest BCUT2D eigenvalue weighted by Gasteiger charge is 2.47. The van der Waals surface area contributed by atoms with Gasteiger partial charge in [-0.3, -0.25) is 9.69 Å². The summed E-state index contributed by atoms with van der Waals surface area (Å²) in [4.78, 5) is 17.1. The molecule has 7 nitrogen and oxygen atoms in total. The second-order valence-electron chi connectivity index (χ2n) is 6.85. The fraction of sp³-hybridized carbons (Fsp3) is 0.611. The predicted octanol–water partition coefficient (Wildman–Crippen LogP) is 1.04. The lowest BCUT2D eigenvalue weighted by atomic mass is 10.0. The van der Waals surface area contributed by atoms with E-state index in [0.717, 1.165) is 13.0 Å². The molecule has 2 heterocycles. The minimum atomic E-state index is -3.14. The van der Waals surface area contributed by atoms with Gasteiger partial charge in [-0.05, 0) is 25.1 Å². The van der Waals surface area contributed by atoms with Gasteiger partial charge in [0.15, 0.2) is 9.84 Å². The Labute approximate surface area is 154 Å². The van der Waals surface area contributed by atoms with Gasteiger partial charge in [0, 0.05) is 30.8 Å². The molecule has 0 spiro atoms. The summed E-state index contributed by atoms with van der Waals surface area (Å²) in [6.07, 6.45) is 0.963. The third-order valence-corrected chi connectivity index (χ3v) is 6.86. The molecule has 2 atom stereocenters. The Bertz CT molecular complexity index is 758. The average molecular weight is 382 g/mol. The first kappa shape index (κ1) is 19.0. The Morgan fingerprint density at radius 1 is 1.08 bits per heavy atom. The van der Waals surface area contributed by atoms with Gasteiger partial charge in [0.25, 0.3) is 5.91 Å². The topological polar surface area (TPSA) is 76.2 Å². The van der Waals surface area contributed by atoms with Crippen molar-refractivity contribution < 1.29 is 22.7 Å². The molecule has 2 aliphatic rings. The number of rotatable bonds is 5. The van der Waals surface area contributed by atoms with Crippen molar-refractivity contribution >= 4 is 15.7 Å². The van der Waals surface area contributed by atoms with Gasteiger partial charge in [0.2, 0.25) is 0 Å². The molecule has 2 saturated heterocycles. The van der Waals surface area contributed by atoms with Crippen LogP contribution in [0.25, 0.3) is 0 Å². The Hall–Kier alpha value is -1.80. The Morgan fingerprint density at radius 2 is 1.69 bits per heavy atom. The molecule has 0 aromatic heterocycles. The van der Waals surface area contributed by atoms with Gasteiger partial charge in [0.05, 0.1) is 31.8 Å². The van der Waals surface area contributed by atoms with Crippen LogP contribution in [0.3, 0.4) is 0 Å². The van der Waals surface area contributed by atoms with E-state index in [1.165, 1.54) is 14.2 Å². The molecule has 0 bridgehead atoms. The standard InChI is InChI=1S/C18H26N2O5S/c1-4-5-19-6-7-20(17-12-26(22,23)11-16(17)19)18(21)13-8-14(24-2)10-15(9-13)25-3/h8-10,16-17H,4-7,11-12H2,1-3H3/t16-,17+/m1/s1. The zero-order valence-corrected chi connectivity index (χ0v) is 16.3. The summed E-state index contributed by atoms with van der Waals surface area (Å²) in [6.45, 7) is 4.15. The molecule has 0 unspecified atom stereocenters. The highest BCUT2D eigenvalue weighted by molar-refractivity contribution is 7.91. The van der Waals surface area contributed by atoms with E-state index in [-0.39, 0.29) is 29.5 Å². The number of nitrogens with zero attached hydrogens (tertiary/aromatic N) is 2. The van der Waals surface area contributed by atoms with E-state index >= 15 is 0 Å². The minimum absolute atomic E-state index is 0.0325. The van der Waals surface area contributed by atoms with E-state index in [9.17, 15) is 13.2 Å². The van der Waals surface area contributed by atoms with Crippen molar-refractivity contribution in [3.63, 3.8) is 0 Å². The van der Waals surface area contributed by atoms with Crippen molar-refractivity contribution in [2.75, 3.05) is 45.4 Å². The molecular formula is C18H26N2O5S. The Morgan fingerprint density at radius 3 is 2.27 bits per heavy atom. The largest absolute Gasteiger partial charge is 0.497 e. The van der Waals surface area contributed by atoms with E-state index in [1.807, 2.05) is 0 Å². The predicted molar refractivity (Wildman–Crippen MR) is 98.7 cm³/mol. The van der Waals surface area contributed by atoms with Crippen molar-refractivity contribution in [1.29, 1.82) is 0 Å². The number of carbonyl (C=O) groups excluding carboxylic acids is 1. The van der Waals surface area contributed by atoms with Gasteiger partial charge in [-0.2, -0.15) is 0 Å². The Balaban J connectivity index is 1.90. The van der Waals surface area contributed by atoms with Crippen molar-refractivity contribution in [3.8, 4) is 11.5 Å². The van der Waals surface area contributed by atoms with Gasteiger partial charge in [-0.15, -0.1) is 0 Å². The van der Waals surface area contributed by atoms with Crippen LogP contribution in [0, 0.1) is 0 Å². The molecule has 0 radical (unpaired) electrons.